The van der Waals surface area contributed by atoms with Gasteiger partial charge >= 0.3 is 0 Å². The minimum Gasteiger partial charge on any atom is -0.461 e. The molecule has 1 aromatic carbocycles. The van der Waals surface area contributed by atoms with Crippen molar-refractivity contribution in [3.05, 3.63) is 64.4 Å². The summed E-state index contributed by atoms with van der Waals surface area (Å²) in [6, 6.07) is 9.67. The Hall–Kier alpha value is -2.73. The number of hydrogen-bond acceptors (Lipinski definition) is 4. The van der Waals surface area contributed by atoms with Crippen LogP contribution < -0.4 is 10.6 Å². The standard InChI is InChI=1S/C19H16N2O3S/c22-17-16(18(23)21-19(25)20-17)13-10-15(11-6-2-1-3-7-11)24-14-9-5-4-8-12(13)14/h1-3,6-7,10H,4-5,8-9H2,(H2,20,21,22,23,25). The van der Waals surface area contributed by atoms with Crippen molar-refractivity contribution in [1.29, 1.82) is 0 Å². The van der Waals surface area contributed by atoms with Crippen LogP contribution >= 0.6 is 12.2 Å². The minimum atomic E-state index is -0.466. The second-order valence-electron chi connectivity index (χ2n) is 6.11. The smallest absolute Gasteiger partial charge is 0.263 e. The predicted molar refractivity (Wildman–Crippen MR) is 96.9 cm³/mol. The lowest BCUT2D eigenvalue weighted by atomic mass is 9.86. The van der Waals surface area contributed by atoms with Crippen molar-refractivity contribution in [2.75, 3.05) is 0 Å². The molecule has 0 atom stereocenters. The third kappa shape index (κ3) is 2.89. The van der Waals surface area contributed by atoms with Gasteiger partial charge in [0.25, 0.3) is 11.8 Å². The van der Waals surface area contributed by atoms with Gasteiger partial charge in [-0.2, -0.15) is 0 Å². The van der Waals surface area contributed by atoms with Crippen LogP contribution in [0.15, 0.2) is 58.9 Å². The Morgan fingerprint density at radius 3 is 2.36 bits per heavy atom. The van der Waals surface area contributed by atoms with E-state index < -0.39 is 11.8 Å². The molecule has 5 nitrogen and oxygen atoms in total. The first-order valence-corrected chi connectivity index (χ1v) is 8.62. The summed E-state index contributed by atoms with van der Waals surface area (Å²) in [6.45, 7) is 0. The predicted octanol–water partition coefficient (Wildman–Crippen LogP) is 2.71. The number of thiocarbonyl (C=S) groups is 1. The fraction of sp³-hybridized carbons (Fsp3) is 0.211. The SMILES string of the molecule is O=C1NC(=S)NC(=O)C1=C1C=C(c2ccccc2)OC2=C1CCCC2. The summed E-state index contributed by atoms with van der Waals surface area (Å²) in [6.07, 6.45) is 5.43. The summed E-state index contributed by atoms with van der Waals surface area (Å²) < 4.78 is 6.11. The first kappa shape index (κ1) is 15.8. The van der Waals surface area contributed by atoms with Crippen LogP contribution in [0.4, 0.5) is 0 Å². The molecular weight excluding hydrogens is 336 g/mol. The third-order valence-electron chi connectivity index (χ3n) is 4.49. The molecule has 0 spiro atoms. The van der Waals surface area contributed by atoms with Crippen LogP contribution in [-0.2, 0) is 14.3 Å². The van der Waals surface area contributed by atoms with Crippen LogP contribution in [-0.4, -0.2) is 16.9 Å². The van der Waals surface area contributed by atoms with Gasteiger partial charge in [-0.3, -0.25) is 20.2 Å². The van der Waals surface area contributed by atoms with Crippen molar-refractivity contribution in [2.24, 2.45) is 0 Å². The Balaban J connectivity index is 1.88. The summed E-state index contributed by atoms with van der Waals surface area (Å²) in [5.74, 6) is 0.569. The van der Waals surface area contributed by atoms with Gasteiger partial charge in [0.05, 0.1) is 0 Å². The number of nitrogens with one attached hydrogen (secondary N) is 2. The maximum atomic E-state index is 12.4. The van der Waals surface area contributed by atoms with E-state index >= 15 is 0 Å². The number of carbonyl (C=O) groups excluding carboxylic acids is 2. The van der Waals surface area contributed by atoms with Gasteiger partial charge < -0.3 is 4.74 Å². The van der Waals surface area contributed by atoms with Gasteiger partial charge in [0.15, 0.2) is 5.11 Å². The van der Waals surface area contributed by atoms with Gasteiger partial charge in [-0.05, 0) is 43.1 Å². The Bertz CT molecular complexity index is 859. The summed E-state index contributed by atoms with van der Waals surface area (Å²) >= 11 is 4.89. The summed E-state index contributed by atoms with van der Waals surface area (Å²) in [5, 5.41) is 5.07. The monoisotopic (exact) mass is 352 g/mol. The quantitative estimate of drug-likeness (QED) is 0.463. The molecule has 0 saturated carbocycles. The van der Waals surface area contributed by atoms with Crippen LogP contribution in [0.25, 0.3) is 5.76 Å². The molecule has 6 heteroatoms. The van der Waals surface area contributed by atoms with E-state index in [0.29, 0.717) is 11.3 Å². The van der Waals surface area contributed by atoms with Crippen molar-refractivity contribution in [3.63, 3.8) is 0 Å². The zero-order chi connectivity index (χ0) is 17.4. The molecule has 25 heavy (non-hydrogen) atoms. The molecule has 2 amide bonds. The fourth-order valence-corrected chi connectivity index (χ4v) is 3.52. The van der Waals surface area contributed by atoms with E-state index in [1.165, 1.54) is 0 Å². The molecule has 126 valence electrons. The van der Waals surface area contributed by atoms with E-state index in [4.69, 9.17) is 17.0 Å². The molecule has 1 fully saturated rings. The zero-order valence-electron chi connectivity index (χ0n) is 13.4. The third-order valence-corrected chi connectivity index (χ3v) is 4.69. The summed E-state index contributed by atoms with van der Waals surface area (Å²) in [7, 11) is 0. The van der Waals surface area contributed by atoms with Crippen molar-refractivity contribution in [2.45, 2.75) is 25.7 Å². The van der Waals surface area contributed by atoms with Crippen molar-refractivity contribution in [3.8, 4) is 0 Å². The summed E-state index contributed by atoms with van der Waals surface area (Å²) in [5.41, 5.74) is 2.58. The van der Waals surface area contributed by atoms with Gasteiger partial charge in [-0.25, -0.2) is 0 Å². The molecule has 1 aliphatic carbocycles. The number of hydrogen-bond donors (Lipinski definition) is 2. The highest BCUT2D eigenvalue weighted by molar-refractivity contribution is 7.80. The molecule has 2 N–H and O–H groups in total. The highest BCUT2D eigenvalue weighted by Gasteiger charge is 2.33. The minimum absolute atomic E-state index is 0.0384. The Kier molecular flexibility index (Phi) is 3.97. The Labute approximate surface area is 150 Å². The maximum absolute atomic E-state index is 12.4. The topological polar surface area (TPSA) is 67.4 Å². The van der Waals surface area contributed by atoms with Crippen LogP contribution in [0.1, 0.15) is 31.2 Å². The van der Waals surface area contributed by atoms with Crippen LogP contribution in [0.2, 0.25) is 0 Å². The number of amides is 2. The van der Waals surface area contributed by atoms with E-state index in [-0.39, 0.29) is 10.7 Å². The molecule has 2 heterocycles. The molecule has 0 bridgehead atoms. The molecule has 0 radical (unpaired) electrons. The molecule has 3 aliphatic rings. The molecule has 4 rings (SSSR count). The molecule has 0 unspecified atom stereocenters. The molecular formula is C19H16N2O3S. The number of allylic oxidation sites excluding steroid dienone is 4. The number of carbonyl (C=O) groups is 2. The molecule has 1 aromatic rings. The Morgan fingerprint density at radius 2 is 1.64 bits per heavy atom. The highest BCUT2D eigenvalue weighted by Crippen LogP contribution is 2.40. The number of ether oxygens (including phenoxy) is 1. The Morgan fingerprint density at radius 1 is 0.960 bits per heavy atom. The lowest BCUT2D eigenvalue weighted by Gasteiger charge is -2.29. The van der Waals surface area contributed by atoms with Gasteiger partial charge in [0, 0.05) is 17.6 Å². The van der Waals surface area contributed by atoms with E-state index in [0.717, 1.165) is 42.6 Å². The van der Waals surface area contributed by atoms with Crippen LogP contribution in [0.5, 0.6) is 0 Å². The van der Waals surface area contributed by atoms with Gasteiger partial charge in [0.2, 0.25) is 0 Å². The van der Waals surface area contributed by atoms with E-state index in [1.807, 2.05) is 30.3 Å². The number of rotatable bonds is 1. The summed E-state index contributed by atoms with van der Waals surface area (Å²) in [4.78, 5) is 24.8. The lowest BCUT2D eigenvalue weighted by Crippen LogP contribution is -2.51. The highest BCUT2D eigenvalue weighted by atomic mass is 32.1. The molecule has 2 aliphatic heterocycles. The van der Waals surface area contributed by atoms with Crippen LogP contribution in [0, 0.1) is 0 Å². The van der Waals surface area contributed by atoms with Crippen molar-refractivity contribution < 1.29 is 14.3 Å². The largest absolute Gasteiger partial charge is 0.461 e. The molecule has 1 saturated heterocycles. The number of benzene rings is 1. The van der Waals surface area contributed by atoms with Gasteiger partial charge in [-0.15, -0.1) is 0 Å². The van der Waals surface area contributed by atoms with E-state index in [9.17, 15) is 9.59 Å². The van der Waals surface area contributed by atoms with E-state index in [1.54, 1.807) is 6.08 Å². The second-order valence-corrected chi connectivity index (χ2v) is 6.52. The maximum Gasteiger partial charge on any atom is 0.263 e. The second kappa shape index (κ2) is 6.29. The van der Waals surface area contributed by atoms with Crippen molar-refractivity contribution >= 4 is 34.9 Å². The molecule has 0 aromatic heterocycles. The first-order chi connectivity index (χ1) is 12.1. The average molecular weight is 352 g/mol. The van der Waals surface area contributed by atoms with Crippen molar-refractivity contribution in [1.82, 2.24) is 10.6 Å². The van der Waals surface area contributed by atoms with Gasteiger partial charge in [0.1, 0.15) is 17.1 Å². The average Bonchev–Trinajstić information content (AvgIpc) is 2.61. The lowest BCUT2D eigenvalue weighted by molar-refractivity contribution is -0.123. The van der Waals surface area contributed by atoms with Crippen LogP contribution in [0.3, 0.4) is 0 Å². The first-order valence-electron chi connectivity index (χ1n) is 8.22. The normalized spacial score (nSPS) is 20.5. The fourth-order valence-electron chi connectivity index (χ4n) is 3.33. The van der Waals surface area contributed by atoms with Gasteiger partial charge in [-0.1, -0.05) is 30.3 Å². The zero-order valence-corrected chi connectivity index (χ0v) is 14.2. The van der Waals surface area contributed by atoms with E-state index in [2.05, 4.69) is 10.6 Å².